The van der Waals surface area contributed by atoms with Crippen LogP contribution in [0.2, 0.25) is 0 Å². The fourth-order valence-corrected chi connectivity index (χ4v) is 2.83. The van der Waals surface area contributed by atoms with Crippen molar-refractivity contribution in [3.05, 3.63) is 21.1 Å². The summed E-state index contributed by atoms with van der Waals surface area (Å²) in [4.78, 5) is 11.8. The third kappa shape index (κ3) is 5.50. The van der Waals surface area contributed by atoms with Crippen LogP contribution in [0.15, 0.2) is 21.1 Å². The fraction of sp³-hybridized carbons (Fsp3) is 0.462. The quantitative estimate of drug-likeness (QED) is 0.774. The molecule has 1 rings (SSSR count). The Hall–Kier alpha value is -0.590. The third-order valence-corrected chi connectivity index (χ3v) is 3.85. The van der Waals surface area contributed by atoms with Gasteiger partial charge in [0, 0.05) is 23.0 Å². The van der Waals surface area contributed by atoms with Crippen LogP contribution >= 0.6 is 31.9 Å². The Morgan fingerprint density at radius 1 is 1.42 bits per heavy atom. The largest absolute Gasteiger partial charge is 0.495 e. The van der Waals surface area contributed by atoms with Crippen molar-refractivity contribution in [2.75, 3.05) is 12.4 Å². The zero-order valence-corrected chi connectivity index (χ0v) is 14.2. The number of carbonyl (C=O) groups excluding carboxylic acids is 1. The predicted octanol–water partition coefficient (Wildman–Crippen LogP) is 3.68. The molecule has 0 saturated heterocycles. The van der Waals surface area contributed by atoms with Crippen molar-refractivity contribution >= 4 is 43.5 Å². The number of nitrogens with one attached hydrogen (secondary N) is 1. The lowest BCUT2D eigenvalue weighted by Gasteiger charge is -2.11. The minimum absolute atomic E-state index is 0.0225. The van der Waals surface area contributed by atoms with Gasteiger partial charge in [0.15, 0.2) is 0 Å². The van der Waals surface area contributed by atoms with E-state index in [1.807, 2.05) is 13.0 Å². The summed E-state index contributed by atoms with van der Waals surface area (Å²) >= 11 is 6.79. The fourth-order valence-electron chi connectivity index (χ4n) is 1.58. The molecule has 1 amide bonds. The van der Waals surface area contributed by atoms with Crippen molar-refractivity contribution in [3.63, 3.8) is 0 Å². The lowest BCUT2D eigenvalue weighted by Crippen LogP contribution is -2.17. The molecule has 0 saturated carbocycles. The molecule has 0 spiro atoms. The number of benzene rings is 1. The van der Waals surface area contributed by atoms with E-state index in [1.165, 1.54) is 0 Å². The maximum absolute atomic E-state index is 11.8. The number of nitrogens with two attached hydrogens (primary N) is 1. The zero-order valence-electron chi connectivity index (χ0n) is 11.0. The molecule has 19 heavy (non-hydrogen) atoms. The molecule has 0 aliphatic carbocycles. The van der Waals surface area contributed by atoms with Gasteiger partial charge in [0.1, 0.15) is 5.75 Å². The molecular weight excluding hydrogens is 376 g/mol. The summed E-state index contributed by atoms with van der Waals surface area (Å²) in [6, 6.07) is 3.75. The summed E-state index contributed by atoms with van der Waals surface area (Å²) in [5.74, 6) is 0.653. The van der Waals surface area contributed by atoms with Crippen LogP contribution in [0.3, 0.4) is 0 Å². The second-order valence-electron chi connectivity index (χ2n) is 4.38. The third-order valence-electron chi connectivity index (χ3n) is 2.58. The molecule has 1 aromatic rings. The Bertz CT molecular complexity index is 451. The van der Waals surface area contributed by atoms with E-state index in [0.717, 1.165) is 21.8 Å². The smallest absolute Gasteiger partial charge is 0.224 e. The minimum Gasteiger partial charge on any atom is -0.495 e. The number of anilines is 1. The molecule has 6 heteroatoms. The van der Waals surface area contributed by atoms with Crippen molar-refractivity contribution in [3.8, 4) is 5.75 Å². The van der Waals surface area contributed by atoms with Crippen LogP contribution in [-0.2, 0) is 4.79 Å². The number of carbonyl (C=O) groups is 1. The molecule has 0 fully saturated rings. The number of hydrogen-bond acceptors (Lipinski definition) is 3. The first-order valence-corrected chi connectivity index (χ1v) is 7.61. The highest BCUT2D eigenvalue weighted by Crippen LogP contribution is 2.34. The second-order valence-corrected chi connectivity index (χ2v) is 6.09. The zero-order chi connectivity index (χ0) is 14.4. The summed E-state index contributed by atoms with van der Waals surface area (Å²) in [6.45, 7) is 1.94. The van der Waals surface area contributed by atoms with E-state index < -0.39 is 0 Å². The monoisotopic (exact) mass is 392 g/mol. The average Bonchev–Trinajstić information content (AvgIpc) is 2.32. The number of halogens is 2. The maximum atomic E-state index is 11.8. The standard InChI is InChI=1S/C13H18Br2N2O2/c1-8(16)4-3-5-13(18)17-11-7-12(19-2)10(15)6-9(11)14/h6-8H,3-5,16H2,1-2H3,(H,17,18). The summed E-state index contributed by atoms with van der Waals surface area (Å²) in [6.07, 6.45) is 2.10. The van der Waals surface area contributed by atoms with Gasteiger partial charge in [-0.25, -0.2) is 0 Å². The molecule has 0 aliphatic rings. The molecule has 0 aromatic heterocycles. The first-order valence-electron chi connectivity index (χ1n) is 6.02. The topological polar surface area (TPSA) is 64.3 Å². The van der Waals surface area contributed by atoms with Crippen LogP contribution in [0.5, 0.6) is 5.75 Å². The van der Waals surface area contributed by atoms with Crippen molar-refractivity contribution in [2.24, 2.45) is 5.73 Å². The normalized spacial score (nSPS) is 12.1. The van der Waals surface area contributed by atoms with Crippen LogP contribution < -0.4 is 15.8 Å². The van der Waals surface area contributed by atoms with E-state index in [9.17, 15) is 4.79 Å². The van der Waals surface area contributed by atoms with E-state index in [-0.39, 0.29) is 11.9 Å². The SMILES string of the molecule is COc1cc(NC(=O)CCCC(C)N)c(Br)cc1Br. The Balaban J connectivity index is 2.63. The number of hydrogen-bond donors (Lipinski definition) is 2. The van der Waals surface area contributed by atoms with E-state index >= 15 is 0 Å². The van der Waals surface area contributed by atoms with Gasteiger partial charge in [0.05, 0.1) is 17.3 Å². The van der Waals surface area contributed by atoms with Gasteiger partial charge in [-0.3, -0.25) is 4.79 Å². The molecule has 3 N–H and O–H groups in total. The van der Waals surface area contributed by atoms with Gasteiger partial charge in [-0.1, -0.05) is 0 Å². The first-order chi connectivity index (χ1) is 8.93. The van der Waals surface area contributed by atoms with E-state index in [0.29, 0.717) is 17.9 Å². The molecular formula is C13H18Br2N2O2. The number of methoxy groups -OCH3 is 1. The molecule has 0 heterocycles. The molecule has 0 radical (unpaired) electrons. The molecule has 106 valence electrons. The summed E-state index contributed by atoms with van der Waals surface area (Å²) in [7, 11) is 1.59. The highest BCUT2D eigenvalue weighted by atomic mass is 79.9. The van der Waals surface area contributed by atoms with Crippen LogP contribution in [0, 0.1) is 0 Å². The highest BCUT2D eigenvalue weighted by molar-refractivity contribution is 9.11. The van der Waals surface area contributed by atoms with Crippen molar-refractivity contribution < 1.29 is 9.53 Å². The van der Waals surface area contributed by atoms with E-state index in [2.05, 4.69) is 37.2 Å². The van der Waals surface area contributed by atoms with E-state index in [1.54, 1.807) is 13.2 Å². The van der Waals surface area contributed by atoms with E-state index in [4.69, 9.17) is 10.5 Å². The Kier molecular flexibility index (Phi) is 6.82. The van der Waals surface area contributed by atoms with Gasteiger partial charge in [-0.2, -0.15) is 0 Å². The molecule has 0 bridgehead atoms. The minimum atomic E-state index is -0.0225. The van der Waals surface area contributed by atoms with Crippen LogP contribution in [0.25, 0.3) is 0 Å². The maximum Gasteiger partial charge on any atom is 0.224 e. The summed E-state index contributed by atoms with van der Waals surface area (Å²) in [5, 5.41) is 2.86. The van der Waals surface area contributed by atoms with Gasteiger partial charge >= 0.3 is 0 Å². The highest BCUT2D eigenvalue weighted by Gasteiger charge is 2.10. The summed E-state index contributed by atoms with van der Waals surface area (Å²) in [5.41, 5.74) is 6.35. The summed E-state index contributed by atoms with van der Waals surface area (Å²) < 4.78 is 6.84. The van der Waals surface area contributed by atoms with Crippen LogP contribution in [0.4, 0.5) is 5.69 Å². The Labute approximate surface area is 130 Å². The van der Waals surface area contributed by atoms with Crippen LogP contribution in [0.1, 0.15) is 26.2 Å². The first kappa shape index (κ1) is 16.5. The van der Waals surface area contributed by atoms with Crippen molar-refractivity contribution in [2.45, 2.75) is 32.2 Å². The average molecular weight is 394 g/mol. The van der Waals surface area contributed by atoms with Gasteiger partial charge in [-0.05, 0) is 57.7 Å². The van der Waals surface area contributed by atoms with Gasteiger partial charge < -0.3 is 15.8 Å². The van der Waals surface area contributed by atoms with Crippen molar-refractivity contribution in [1.82, 2.24) is 0 Å². The lowest BCUT2D eigenvalue weighted by atomic mass is 10.1. The van der Waals surface area contributed by atoms with Crippen molar-refractivity contribution in [1.29, 1.82) is 0 Å². The predicted molar refractivity (Wildman–Crippen MR) is 84.5 cm³/mol. The Morgan fingerprint density at radius 3 is 2.68 bits per heavy atom. The Morgan fingerprint density at radius 2 is 2.11 bits per heavy atom. The van der Waals surface area contributed by atoms with Crippen LogP contribution in [-0.4, -0.2) is 19.1 Å². The molecule has 1 unspecified atom stereocenters. The van der Waals surface area contributed by atoms with Gasteiger partial charge in [-0.15, -0.1) is 0 Å². The number of ether oxygens (including phenoxy) is 1. The number of rotatable bonds is 6. The molecule has 1 atom stereocenters. The van der Waals surface area contributed by atoms with Gasteiger partial charge in [0.2, 0.25) is 5.91 Å². The molecule has 0 aliphatic heterocycles. The molecule has 1 aromatic carbocycles. The number of amides is 1. The van der Waals surface area contributed by atoms with Gasteiger partial charge in [0.25, 0.3) is 0 Å². The lowest BCUT2D eigenvalue weighted by molar-refractivity contribution is -0.116. The second kappa shape index (κ2) is 7.87. The molecule has 4 nitrogen and oxygen atoms in total.